The maximum Gasteiger partial charge on any atom is 0.0646 e. The van der Waals surface area contributed by atoms with Crippen LogP contribution < -0.4 is 0 Å². The lowest BCUT2D eigenvalue weighted by molar-refractivity contribution is 0.00726. The fraction of sp³-hybridized carbons (Fsp3) is 0.632. The van der Waals surface area contributed by atoms with Crippen LogP contribution in [0.15, 0.2) is 34.3 Å². The van der Waals surface area contributed by atoms with E-state index in [9.17, 15) is 0 Å². The van der Waals surface area contributed by atoms with Crippen molar-refractivity contribution in [2.24, 2.45) is 9.98 Å². The molecule has 0 aromatic heterocycles. The molecule has 2 saturated carbocycles. The van der Waals surface area contributed by atoms with Crippen molar-refractivity contribution in [3.05, 3.63) is 68.8 Å². The molecule has 6 heteroatoms. The molecule has 2 saturated heterocycles. The first kappa shape index (κ1) is 30.3. The number of morpholine rings is 2. The van der Waals surface area contributed by atoms with Crippen LogP contribution in [0, 0.1) is 13.8 Å². The molecule has 4 heterocycles. The van der Waals surface area contributed by atoms with Gasteiger partial charge in [-0.15, -0.1) is 0 Å². The molecule has 0 radical (unpaired) electrons. The normalized spacial score (nSPS) is 28.8. The van der Waals surface area contributed by atoms with Crippen molar-refractivity contribution in [1.82, 2.24) is 9.80 Å². The lowest BCUT2D eigenvalue weighted by Crippen LogP contribution is -2.44. The monoisotopic (exact) mass is 596 g/mol. The fourth-order valence-electron chi connectivity index (χ4n) is 8.86. The Hall–Kier alpha value is -2.38. The lowest BCUT2D eigenvalue weighted by atomic mass is 9.79. The van der Waals surface area contributed by atoms with Crippen molar-refractivity contribution in [2.45, 2.75) is 102 Å². The Morgan fingerprint density at radius 2 is 0.932 bits per heavy atom. The van der Waals surface area contributed by atoms with E-state index in [-0.39, 0.29) is 0 Å². The molecule has 2 aromatic rings. The minimum atomic E-state index is 0.753. The quantitative estimate of drug-likeness (QED) is 0.401. The number of ether oxygens (including phenoxy) is 2. The van der Waals surface area contributed by atoms with Crippen molar-refractivity contribution in [3.63, 3.8) is 0 Å². The van der Waals surface area contributed by atoms with E-state index < -0.39 is 0 Å². The Morgan fingerprint density at radius 1 is 0.545 bits per heavy atom. The zero-order chi connectivity index (χ0) is 29.9. The molecular formula is C38H52N4O2. The molecule has 2 aromatic carbocycles. The minimum Gasteiger partial charge on any atom is -0.379 e. The van der Waals surface area contributed by atoms with Crippen LogP contribution >= 0.6 is 0 Å². The van der Waals surface area contributed by atoms with E-state index in [1.807, 2.05) is 12.4 Å². The Kier molecular flexibility index (Phi) is 9.60. The highest BCUT2D eigenvalue weighted by Crippen LogP contribution is 2.39. The van der Waals surface area contributed by atoms with E-state index in [1.165, 1.54) is 84.7 Å². The van der Waals surface area contributed by atoms with E-state index in [2.05, 4.69) is 57.9 Å². The third-order valence-electron chi connectivity index (χ3n) is 11.4. The maximum absolute atomic E-state index is 5.49. The van der Waals surface area contributed by atoms with Crippen LogP contribution in [0.2, 0.25) is 0 Å². The smallest absolute Gasteiger partial charge is 0.0646 e. The summed E-state index contributed by atoms with van der Waals surface area (Å²) >= 11 is 0. The number of rotatable bonds is 4. The number of hydrogen-bond acceptors (Lipinski definition) is 6. The highest BCUT2D eigenvalue weighted by atomic mass is 16.5. The summed E-state index contributed by atoms with van der Waals surface area (Å²) in [7, 11) is 0. The van der Waals surface area contributed by atoms with Crippen molar-refractivity contribution in [2.75, 3.05) is 52.6 Å². The summed E-state index contributed by atoms with van der Waals surface area (Å²) in [6, 6.07) is 11.1. The van der Waals surface area contributed by atoms with E-state index >= 15 is 0 Å². The molecule has 6 nitrogen and oxygen atoms in total. The van der Waals surface area contributed by atoms with Gasteiger partial charge in [0.25, 0.3) is 0 Å². The van der Waals surface area contributed by atoms with Gasteiger partial charge in [0.05, 0.1) is 39.5 Å². The van der Waals surface area contributed by atoms with Crippen molar-refractivity contribution >= 4 is 12.4 Å². The number of benzene rings is 2. The zero-order valence-electron chi connectivity index (χ0n) is 27.1. The van der Waals surface area contributed by atoms with Crippen molar-refractivity contribution in [3.8, 4) is 0 Å². The van der Waals surface area contributed by atoms with Crippen LogP contribution in [0.1, 0.15) is 108 Å². The Balaban J connectivity index is 0.000000142. The molecule has 0 amide bonds. The number of nitrogens with zero attached hydrogens (tertiary/aromatic N) is 4. The van der Waals surface area contributed by atoms with Gasteiger partial charge in [-0.05, 0) is 134 Å². The summed E-state index contributed by atoms with van der Waals surface area (Å²) in [5.41, 5.74) is 11.6. The number of hydrogen-bond donors (Lipinski definition) is 0. The van der Waals surface area contributed by atoms with Gasteiger partial charge < -0.3 is 9.47 Å². The first-order valence-electron chi connectivity index (χ1n) is 17.5. The van der Waals surface area contributed by atoms with Crippen molar-refractivity contribution < 1.29 is 9.47 Å². The van der Waals surface area contributed by atoms with Gasteiger partial charge in [0, 0.05) is 50.7 Å². The number of fused-ring (bicyclic) bond motifs is 2. The predicted molar refractivity (Wildman–Crippen MR) is 180 cm³/mol. The fourth-order valence-corrected chi connectivity index (χ4v) is 8.86. The van der Waals surface area contributed by atoms with E-state index in [4.69, 9.17) is 9.47 Å². The molecule has 0 unspecified atom stereocenters. The first-order chi connectivity index (χ1) is 21.6. The molecule has 0 N–H and O–H groups in total. The van der Waals surface area contributed by atoms with E-state index in [0.29, 0.717) is 0 Å². The summed E-state index contributed by atoms with van der Waals surface area (Å²) in [6.07, 6.45) is 14.8. The van der Waals surface area contributed by atoms with Gasteiger partial charge in [0.1, 0.15) is 0 Å². The molecule has 4 fully saturated rings. The summed E-state index contributed by atoms with van der Waals surface area (Å²) in [6.45, 7) is 14.5. The molecule has 0 atom stereocenters. The van der Waals surface area contributed by atoms with Crippen LogP contribution in [0.25, 0.3) is 0 Å². The second-order valence-electron chi connectivity index (χ2n) is 14.1. The molecule has 4 aliphatic heterocycles. The molecule has 44 heavy (non-hydrogen) atoms. The van der Waals surface area contributed by atoms with Crippen LogP contribution in [0.5, 0.6) is 0 Å². The van der Waals surface area contributed by atoms with E-state index in [1.54, 1.807) is 11.1 Å². The van der Waals surface area contributed by atoms with Crippen LogP contribution in [0.4, 0.5) is 0 Å². The molecular weight excluding hydrogens is 544 g/mol. The summed E-state index contributed by atoms with van der Waals surface area (Å²) in [5, 5.41) is 0. The average Bonchev–Trinajstić information content (AvgIpc) is 3.74. The zero-order valence-corrected chi connectivity index (χ0v) is 27.1. The summed E-state index contributed by atoms with van der Waals surface area (Å²) in [5.74, 6) is 1.51. The number of aliphatic imine (C=N–C) groups is 2. The molecule has 2 aliphatic carbocycles. The van der Waals surface area contributed by atoms with Gasteiger partial charge in [0.15, 0.2) is 0 Å². The lowest BCUT2D eigenvalue weighted by Gasteiger charge is -2.39. The number of aryl methyl sites for hydroxylation is 2. The third kappa shape index (κ3) is 6.74. The molecule has 236 valence electrons. The minimum absolute atomic E-state index is 0.753. The van der Waals surface area contributed by atoms with Gasteiger partial charge in [-0.3, -0.25) is 19.8 Å². The van der Waals surface area contributed by atoms with Crippen LogP contribution in [-0.4, -0.2) is 86.9 Å². The van der Waals surface area contributed by atoms with Gasteiger partial charge in [0.2, 0.25) is 0 Å². The van der Waals surface area contributed by atoms with Crippen LogP contribution in [0.3, 0.4) is 0 Å². The molecule has 0 bridgehead atoms. The van der Waals surface area contributed by atoms with Crippen molar-refractivity contribution in [1.29, 1.82) is 0 Å². The Bertz CT molecular complexity index is 1240. The highest BCUT2D eigenvalue weighted by Gasteiger charge is 2.30. The summed E-state index contributed by atoms with van der Waals surface area (Å²) < 4.78 is 11.0. The Morgan fingerprint density at radius 3 is 1.32 bits per heavy atom. The second-order valence-corrected chi connectivity index (χ2v) is 14.1. The first-order valence-corrected chi connectivity index (χ1v) is 17.5. The Labute approximate surface area is 264 Å². The SMILES string of the molecule is Cc1cc2c(cc1C1CCC(N3CCOCC3)CC1)CN=C2.Cc1cc2c(cc1C1CCC(N3CCOCC3)CC1)CN=C2. The molecule has 6 aliphatic rings. The molecule has 0 spiro atoms. The third-order valence-corrected chi connectivity index (χ3v) is 11.4. The van der Waals surface area contributed by atoms with Gasteiger partial charge in [-0.1, -0.05) is 12.1 Å². The highest BCUT2D eigenvalue weighted by molar-refractivity contribution is 5.85. The summed E-state index contributed by atoms with van der Waals surface area (Å²) in [4.78, 5) is 14.1. The predicted octanol–water partition coefficient (Wildman–Crippen LogP) is 6.57. The van der Waals surface area contributed by atoms with Gasteiger partial charge in [-0.25, -0.2) is 0 Å². The van der Waals surface area contributed by atoms with E-state index in [0.717, 1.165) is 89.6 Å². The average molecular weight is 597 g/mol. The van der Waals surface area contributed by atoms with Gasteiger partial charge in [-0.2, -0.15) is 0 Å². The standard InChI is InChI=1S/2C19H26N2O/c2*1-14-10-16-12-20-13-17(16)11-19(14)15-2-4-18(5-3-15)21-6-8-22-9-7-21/h2*10-12,15,18H,2-9,13H2,1H3. The topological polar surface area (TPSA) is 49.7 Å². The van der Waals surface area contributed by atoms with Crippen LogP contribution in [-0.2, 0) is 22.6 Å². The second kappa shape index (κ2) is 13.9. The maximum atomic E-state index is 5.49. The molecule has 8 rings (SSSR count). The largest absolute Gasteiger partial charge is 0.379 e. The van der Waals surface area contributed by atoms with Gasteiger partial charge >= 0.3 is 0 Å².